The van der Waals surface area contributed by atoms with E-state index in [1.165, 1.54) is 74.5 Å². The van der Waals surface area contributed by atoms with E-state index in [2.05, 4.69) is 41.7 Å². The molecule has 0 saturated heterocycles. The first-order valence-electron chi connectivity index (χ1n) is 19.1. The van der Waals surface area contributed by atoms with Crippen LogP contribution in [0, 0.1) is 0 Å². The minimum atomic E-state index is -1.61. The van der Waals surface area contributed by atoms with Crippen molar-refractivity contribution in [3.63, 3.8) is 0 Å². The number of amides is 4. The number of nitrogens with one attached hydrogen (secondary N) is 4. The van der Waals surface area contributed by atoms with Crippen molar-refractivity contribution < 1.29 is 28.8 Å². The van der Waals surface area contributed by atoms with Gasteiger partial charge in [0.1, 0.15) is 11.4 Å². The van der Waals surface area contributed by atoms with Crippen LogP contribution in [0.2, 0.25) is 30.1 Å². The molecule has 0 aliphatic carbocycles. The van der Waals surface area contributed by atoms with Crippen LogP contribution < -0.4 is 21.3 Å². The van der Waals surface area contributed by atoms with Gasteiger partial charge < -0.3 is 21.3 Å². The van der Waals surface area contributed by atoms with E-state index in [1.54, 1.807) is 24.3 Å². The van der Waals surface area contributed by atoms with Gasteiger partial charge in [-0.2, -0.15) is 20.5 Å². The summed E-state index contributed by atoms with van der Waals surface area (Å²) in [6.45, 7) is 5.96. The van der Waals surface area contributed by atoms with E-state index in [0.717, 1.165) is 0 Å². The van der Waals surface area contributed by atoms with E-state index in [0.29, 0.717) is 56.8 Å². The molecule has 4 N–H and O–H groups in total. The Morgan fingerprint density at radius 3 is 1.17 bits per heavy atom. The normalized spacial score (nSPS) is 12.2. The quantitative estimate of drug-likeness (QED) is 0.0560. The molecule has 330 valence electrons. The van der Waals surface area contributed by atoms with Crippen LogP contribution in [0.3, 0.4) is 0 Å². The molecule has 64 heavy (non-hydrogen) atoms. The van der Waals surface area contributed by atoms with Gasteiger partial charge in [-0.05, 0) is 123 Å². The molecular formula is C44H36Cl6N8O6. The number of azo groups is 2. The number of Topliss-reactive ketones (excluding diaryl/α,β-unsaturated/α-hetero) is 2. The topological polar surface area (TPSA) is 200 Å². The van der Waals surface area contributed by atoms with Gasteiger partial charge in [-0.25, -0.2) is 0 Å². The molecule has 20 heteroatoms. The molecule has 0 aliphatic heterocycles. The molecule has 2 unspecified atom stereocenters. The van der Waals surface area contributed by atoms with Crippen molar-refractivity contribution in [2.24, 2.45) is 20.5 Å². The summed E-state index contributed by atoms with van der Waals surface area (Å²) in [6, 6.07) is 17.6. The molecule has 0 spiro atoms. The number of carbonyl (C=O) groups is 6. The fourth-order valence-corrected chi connectivity index (χ4v) is 7.04. The molecule has 0 aliphatic rings. The van der Waals surface area contributed by atoms with E-state index >= 15 is 0 Å². The summed E-state index contributed by atoms with van der Waals surface area (Å²) in [5.41, 5.74) is 2.72. The second-order valence-corrected chi connectivity index (χ2v) is 16.3. The lowest BCUT2D eigenvalue weighted by Crippen LogP contribution is -2.33. The molecule has 0 fully saturated rings. The zero-order valence-electron chi connectivity index (χ0n) is 34.2. The molecule has 2 atom stereocenters. The highest BCUT2D eigenvalue weighted by atomic mass is 35.5. The summed E-state index contributed by atoms with van der Waals surface area (Å²) in [6.07, 6.45) is 0.728. The Bertz CT molecular complexity index is 2560. The maximum Gasteiger partial charge on any atom is 0.258 e. The molecule has 0 heterocycles. The average Bonchev–Trinajstić information content (AvgIpc) is 3.24. The third-order valence-electron chi connectivity index (χ3n) is 9.21. The maximum absolute atomic E-state index is 13.6. The molecule has 0 aromatic heterocycles. The first kappa shape index (κ1) is 49.3. The number of anilines is 4. The van der Waals surface area contributed by atoms with Gasteiger partial charge in [-0.15, -0.1) is 0 Å². The minimum Gasteiger partial charge on any atom is -0.323 e. The van der Waals surface area contributed by atoms with Gasteiger partial charge in [-0.1, -0.05) is 83.5 Å². The minimum absolute atomic E-state index is 0.0154. The van der Waals surface area contributed by atoms with E-state index in [9.17, 15) is 28.8 Å². The first-order chi connectivity index (χ1) is 30.4. The van der Waals surface area contributed by atoms with Crippen LogP contribution in [0.4, 0.5) is 34.1 Å². The molecule has 5 aromatic carbocycles. The average molecular weight is 986 g/mol. The van der Waals surface area contributed by atoms with Crippen molar-refractivity contribution in [1.29, 1.82) is 0 Å². The van der Waals surface area contributed by atoms with Crippen LogP contribution in [0.1, 0.15) is 59.5 Å². The highest BCUT2D eigenvalue weighted by Crippen LogP contribution is 2.32. The molecule has 14 nitrogen and oxygen atoms in total. The summed E-state index contributed by atoms with van der Waals surface area (Å²) >= 11 is 37.0. The monoisotopic (exact) mass is 982 g/mol. The summed E-state index contributed by atoms with van der Waals surface area (Å²) in [5.74, 6) is -3.98. The van der Waals surface area contributed by atoms with Gasteiger partial charge in [0.25, 0.3) is 23.6 Å². The van der Waals surface area contributed by atoms with Crippen LogP contribution >= 0.6 is 69.6 Å². The SMILES string of the molecule is CCc1cc(NC(=O)C(N=Nc2cc(C(=O)Nc3ccc(Cl)cc3Cl)ccc2Cl)C(C)=O)c(CC)cc1NC(=O)C(N=Nc1cc(C(=O)Nc2ccc(Cl)cc2Cl)ccc1Cl)C(C)=O. The van der Waals surface area contributed by atoms with Crippen LogP contribution in [0.5, 0.6) is 0 Å². The number of carbonyl (C=O) groups excluding carboxylic acids is 6. The zero-order valence-corrected chi connectivity index (χ0v) is 38.7. The van der Waals surface area contributed by atoms with Crippen molar-refractivity contribution in [2.45, 2.75) is 52.6 Å². The lowest BCUT2D eigenvalue weighted by molar-refractivity contribution is -0.127. The van der Waals surface area contributed by atoms with Crippen molar-refractivity contribution in [3.05, 3.63) is 137 Å². The standard InChI is InChI=1S/C44H36Cl6N8O6/c1-5-23-15-36(54-44(64)40(22(4)60)58-56-38-18-26(8-12-30(38)48)42(62)52-34-14-10-28(46)20-32(34)50)24(6-2)16-35(23)53-43(63)39(21(3)59)57-55-37-17-25(7-11-29(37)47)41(61)51-33-13-9-27(45)19-31(33)49/h7-20,39-40H,5-6H2,1-4H3,(H,51,61)(H,52,62)(H,53,63)(H,54,64). The van der Waals surface area contributed by atoms with E-state index in [4.69, 9.17) is 69.6 Å². The number of hydrogen-bond acceptors (Lipinski definition) is 10. The number of nitrogens with zero attached hydrogens (tertiary/aromatic N) is 4. The summed E-state index contributed by atoms with van der Waals surface area (Å²) in [7, 11) is 0. The highest BCUT2D eigenvalue weighted by molar-refractivity contribution is 6.38. The highest BCUT2D eigenvalue weighted by Gasteiger charge is 2.27. The van der Waals surface area contributed by atoms with Crippen LogP contribution in [0.25, 0.3) is 0 Å². The Morgan fingerprint density at radius 1 is 0.469 bits per heavy atom. The Morgan fingerprint density at radius 2 is 0.844 bits per heavy atom. The predicted octanol–water partition coefficient (Wildman–Crippen LogP) is 12.6. The lowest BCUT2D eigenvalue weighted by Gasteiger charge is -2.18. The fraction of sp³-hybridized carbons (Fsp3) is 0.182. The number of aryl methyl sites for hydroxylation is 2. The van der Waals surface area contributed by atoms with Crippen molar-refractivity contribution in [1.82, 2.24) is 0 Å². The van der Waals surface area contributed by atoms with Crippen molar-refractivity contribution in [3.8, 4) is 0 Å². The smallest absolute Gasteiger partial charge is 0.258 e. The van der Waals surface area contributed by atoms with E-state index in [-0.39, 0.29) is 42.6 Å². The molecule has 5 rings (SSSR count). The zero-order chi connectivity index (χ0) is 46.8. The second-order valence-electron chi connectivity index (χ2n) is 13.8. The van der Waals surface area contributed by atoms with Gasteiger partial charge in [0, 0.05) is 32.5 Å². The summed E-state index contributed by atoms with van der Waals surface area (Å²) in [5, 5.41) is 28.3. The maximum atomic E-state index is 13.6. The number of ketones is 2. The summed E-state index contributed by atoms with van der Waals surface area (Å²) in [4.78, 5) is 78.7. The number of rotatable bonds is 16. The van der Waals surface area contributed by atoms with Gasteiger partial charge in [0.05, 0.1) is 31.5 Å². The Balaban J connectivity index is 1.31. The first-order valence-corrected chi connectivity index (χ1v) is 21.4. The van der Waals surface area contributed by atoms with Gasteiger partial charge in [-0.3, -0.25) is 28.8 Å². The Hall–Kier alpha value is -5.74. The van der Waals surface area contributed by atoms with Crippen molar-refractivity contribution >= 4 is 139 Å². The Kier molecular flexibility index (Phi) is 17.1. The third kappa shape index (κ3) is 12.7. The van der Waals surface area contributed by atoms with E-state index in [1.807, 2.05) is 13.8 Å². The molecule has 0 saturated carbocycles. The number of hydrogen-bond donors (Lipinski definition) is 4. The van der Waals surface area contributed by atoms with E-state index < -0.39 is 47.3 Å². The number of halogens is 6. The molecule has 4 amide bonds. The van der Waals surface area contributed by atoms with Crippen LogP contribution in [-0.4, -0.2) is 47.3 Å². The number of benzene rings is 5. The second kappa shape index (κ2) is 22.2. The molecule has 0 radical (unpaired) electrons. The Labute approximate surface area is 397 Å². The van der Waals surface area contributed by atoms with Gasteiger partial charge >= 0.3 is 0 Å². The third-order valence-corrected chi connectivity index (χ3v) is 10.9. The van der Waals surface area contributed by atoms with Crippen molar-refractivity contribution in [2.75, 3.05) is 21.3 Å². The fourth-order valence-electron chi connectivity index (χ4n) is 5.82. The molecular weight excluding hydrogens is 949 g/mol. The lowest BCUT2D eigenvalue weighted by atomic mass is 10.0. The van der Waals surface area contributed by atoms with Crippen LogP contribution in [0.15, 0.2) is 105 Å². The molecule has 0 bridgehead atoms. The van der Waals surface area contributed by atoms with Crippen LogP contribution in [-0.2, 0) is 32.0 Å². The largest absolute Gasteiger partial charge is 0.323 e. The predicted molar refractivity (Wildman–Crippen MR) is 252 cm³/mol. The summed E-state index contributed by atoms with van der Waals surface area (Å²) < 4.78 is 0. The van der Waals surface area contributed by atoms with Gasteiger partial charge in [0.15, 0.2) is 11.6 Å². The van der Waals surface area contributed by atoms with Gasteiger partial charge in [0.2, 0.25) is 12.1 Å². The molecule has 5 aromatic rings.